The Bertz CT molecular complexity index is 997. The topological polar surface area (TPSA) is 44.8 Å². The van der Waals surface area contributed by atoms with E-state index < -0.39 is 0 Å². The number of ether oxygens (including phenoxy) is 1. The molecule has 31 heavy (non-hydrogen) atoms. The molecule has 4 rings (SSSR count). The number of carbonyl (C=O) groups excluding carboxylic acids is 1. The summed E-state index contributed by atoms with van der Waals surface area (Å²) < 4.78 is 5.25. The first-order valence-electron chi connectivity index (χ1n) is 10.7. The first kappa shape index (κ1) is 20.9. The third-order valence-corrected chi connectivity index (χ3v) is 5.95. The summed E-state index contributed by atoms with van der Waals surface area (Å²) in [4.78, 5) is 17.6. The van der Waals surface area contributed by atoms with Crippen molar-refractivity contribution in [1.29, 1.82) is 0 Å². The zero-order chi connectivity index (χ0) is 21.6. The highest BCUT2D eigenvalue weighted by Gasteiger charge is 2.26. The van der Waals surface area contributed by atoms with Crippen LogP contribution < -0.4 is 15.0 Å². The van der Waals surface area contributed by atoms with Crippen LogP contribution >= 0.6 is 0 Å². The SMILES string of the molecule is COc1ccc(N2CCN([C@H](C)C(=O)Nc3ccccc3-c3ccccc3)CC2)cc1. The zero-order valence-corrected chi connectivity index (χ0v) is 18.1. The maximum Gasteiger partial charge on any atom is 0.241 e. The predicted octanol–water partition coefficient (Wildman–Crippen LogP) is 4.51. The largest absolute Gasteiger partial charge is 0.497 e. The Hall–Kier alpha value is -3.31. The lowest BCUT2D eigenvalue weighted by molar-refractivity contribution is -0.120. The molecule has 0 spiro atoms. The number of para-hydroxylation sites is 1. The van der Waals surface area contributed by atoms with Crippen molar-refractivity contribution in [1.82, 2.24) is 4.90 Å². The Morgan fingerprint density at radius 3 is 2.19 bits per heavy atom. The van der Waals surface area contributed by atoms with Gasteiger partial charge in [0.15, 0.2) is 0 Å². The fourth-order valence-corrected chi connectivity index (χ4v) is 4.03. The first-order valence-corrected chi connectivity index (χ1v) is 10.7. The third kappa shape index (κ3) is 4.89. The van der Waals surface area contributed by atoms with Crippen molar-refractivity contribution in [3.8, 4) is 16.9 Å². The summed E-state index contributed by atoms with van der Waals surface area (Å²) in [7, 11) is 1.68. The van der Waals surface area contributed by atoms with Crippen molar-refractivity contribution >= 4 is 17.3 Å². The second-order valence-electron chi connectivity index (χ2n) is 7.80. The summed E-state index contributed by atoms with van der Waals surface area (Å²) in [5.74, 6) is 0.893. The summed E-state index contributed by atoms with van der Waals surface area (Å²) in [5, 5.41) is 3.15. The van der Waals surface area contributed by atoms with E-state index in [1.165, 1.54) is 5.69 Å². The summed E-state index contributed by atoms with van der Waals surface area (Å²) in [6.45, 7) is 5.47. The molecule has 0 aromatic heterocycles. The molecule has 1 atom stereocenters. The van der Waals surface area contributed by atoms with Crippen LogP contribution in [-0.4, -0.2) is 50.1 Å². The van der Waals surface area contributed by atoms with Gasteiger partial charge >= 0.3 is 0 Å². The lowest BCUT2D eigenvalue weighted by Crippen LogP contribution is -2.52. The number of amides is 1. The molecule has 1 aliphatic heterocycles. The van der Waals surface area contributed by atoms with Gasteiger partial charge in [0.1, 0.15) is 5.75 Å². The zero-order valence-electron chi connectivity index (χ0n) is 18.1. The molecule has 1 N–H and O–H groups in total. The molecule has 1 amide bonds. The average molecular weight is 416 g/mol. The second kappa shape index (κ2) is 9.67. The molecular weight excluding hydrogens is 386 g/mol. The number of nitrogens with one attached hydrogen (secondary N) is 1. The van der Waals surface area contributed by atoms with Gasteiger partial charge in [0.25, 0.3) is 0 Å². The monoisotopic (exact) mass is 415 g/mol. The summed E-state index contributed by atoms with van der Waals surface area (Å²) in [5.41, 5.74) is 4.17. The van der Waals surface area contributed by atoms with Crippen molar-refractivity contribution in [2.24, 2.45) is 0 Å². The van der Waals surface area contributed by atoms with E-state index in [9.17, 15) is 4.79 Å². The van der Waals surface area contributed by atoms with Gasteiger partial charge in [0.05, 0.1) is 13.2 Å². The Labute approximate surface area is 184 Å². The highest BCUT2D eigenvalue weighted by molar-refractivity contribution is 5.98. The number of rotatable bonds is 6. The van der Waals surface area contributed by atoms with Crippen molar-refractivity contribution in [2.75, 3.05) is 43.5 Å². The smallest absolute Gasteiger partial charge is 0.241 e. The van der Waals surface area contributed by atoms with Gasteiger partial charge in [-0.25, -0.2) is 0 Å². The molecule has 0 bridgehead atoms. The van der Waals surface area contributed by atoms with Crippen LogP contribution in [-0.2, 0) is 4.79 Å². The molecule has 5 heteroatoms. The fraction of sp³-hybridized carbons (Fsp3) is 0.269. The maximum atomic E-state index is 13.0. The molecule has 0 saturated carbocycles. The second-order valence-corrected chi connectivity index (χ2v) is 7.80. The molecular formula is C26H29N3O2. The Morgan fingerprint density at radius 1 is 0.871 bits per heavy atom. The van der Waals surface area contributed by atoms with E-state index in [1.54, 1.807) is 7.11 Å². The number of methoxy groups -OCH3 is 1. The van der Waals surface area contributed by atoms with E-state index in [0.29, 0.717) is 0 Å². The molecule has 160 valence electrons. The van der Waals surface area contributed by atoms with Crippen LogP contribution in [0.1, 0.15) is 6.92 Å². The van der Waals surface area contributed by atoms with Gasteiger partial charge in [0.2, 0.25) is 5.91 Å². The van der Waals surface area contributed by atoms with Crippen molar-refractivity contribution in [2.45, 2.75) is 13.0 Å². The van der Waals surface area contributed by atoms with Crippen LogP contribution in [0.5, 0.6) is 5.75 Å². The van der Waals surface area contributed by atoms with Gasteiger partial charge in [-0.1, -0.05) is 48.5 Å². The molecule has 3 aromatic rings. The first-order chi connectivity index (χ1) is 15.2. The number of piperazine rings is 1. The number of hydrogen-bond acceptors (Lipinski definition) is 4. The van der Waals surface area contributed by atoms with Crippen molar-refractivity contribution in [3.63, 3.8) is 0 Å². The van der Waals surface area contributed by atoms with Crippen LogP contribution in [0.2, 0.25) is 0 Å². The van der Waals surface area contributed by atoms with Gasteiger partial charge in [-0.05, 0) is 42.8 Å². The summed E-state index contributed by atoms with van der Waals surface area (Å²) in [6.07, 6.45) is 0. The Morgan fingerprint density at radius 2 is 1.52 bits per heavy atom. The molecule has 3 aromatic carbocycles. The van der Waals surface area contributed by atoms with Crippen LogP contribution in [0.25, 0.3) is 11.1 Å². The standard InChI is InChI=1S/C26H29N3O2/c1-20(28-16-18-29(19-17-28)22-12-14-23(31-2)15-13-22)26(30)27-25-11-7-6-10-24(25)21-8-4-3-5-9-21/h3-15,20H,16-19H2,1-2H3,(H,27,30)/t20-/m1/s1. The van der Waals surface area contributed by atoms with Gasteiger partial charge in [-0.2, -0.15) is 0 Å². The van der Waals surface area contributed by atoms with E-state index in [4.69, 9.17) is 4.74 Å². The van der Waals surface area contributed by atoms with E-state index in [2.05, 4.69) is 39.4 Å². The van der Waals surface area contributed by atoms with Crippen LogP contribution in [0.3, 0.4) is 0 Å². The van der Waals surface area contributed by atoms with Gasteiger partial charge in [-0.3, -0.25) is 9.69 Å². The molecule has 1 saturated heterocycles. The molecule has 1 fully saturated rings. The summed E-state index contributed by atoms with van der Waals surface area (Å²) in [6, 6.07) is 26.1. The van der Waals surface area contributed by atoms with Gasteiger partial charge < -0.3 is 15.0 Å². The highest BCUT2D eigenvalue weighted by Crippen LogP contribution is 2.28. The Balaban J connectivity index is 1.37. The molecule has 5 nitrogen and oxygen atoms in total. The van der Waals surface area contributed by atoms with E-state index in [0.717, 1.165) is 48.7 Å². The van der Waals surface area contributed by atoms with Crippen molar-refractivity contribution < 1.29 is 9.53 Å². The Kier molecular flexibility index (Phi) is 6.53. The fourth-order valence-electron chi connectivity index (χ4n) is 4.03. The highest BCUT2D eigenvalue weighted by atomic mass is 16.5. The third-order valence-electron chi connectivity index (χ3n) is 5.95. The van der Waals surface area contributed by atoms with E-state index in [1.807, 2.05) is 61.5 Å². The number of anilines is 2. The molecule has 1 aliphatic rings. The molecule has 0 radical (unpaired) electrons. The van der Waals surface area contributed by atoms with Gasteiger partial charge in [-0.15, -0.1) is 0 Å². The quantitative estimate of drug-likeness (QED) is 0.643. The lowest BCUT2D eigenvalue weighted by Gasteiger charge is -2.38. The molecule has 1 heterocycles. The van der Waals surface area contributed by atoms with Gasteiger partial charge in [0, 0.05) is 43.1 Å². The van der Waals surface area contributed by atoms with Crippen molar-refractivity contribution in [3.05, 3.63) is 78.9 Å². The number of hydrogen-bond donors (Lipinski definition) is 1. The normalized spacial score (nSPS) is 15.4. The average Bonchev–Trinajstić information content (AvgIpc) is 2.84. The minimum absolute atomic E-state index is 0.0290. The maximum absolute atomic E-state index is 13.0. The number of nitrogens with zero attached hydrogens (tertiary/aromatic N) is 2. The number of benzene rings is 3. The van der Waals surface area contributed by atoms with Crippen LogP contribution in [0, 0.1) is 0 Å². The minimum atomic E-state index is -0.193. The predicted molar refractivity (Wildman–Crippen MR) is 127 cm³/mol. The number of carbonyl (C=O) groups is 1. The van der Waals surface area contributed by atoms with E-state index >= 15 is 0 Å². The molecule has 0 aliphatic carbocycles. The summed E-state index contributed by atoms with van der Waals surface area (Å²) >= 11 is 0. The minimum Gasteiger partial charge on any atom is -0.497 e. The van der Waals surface area contributed by atoms with Crippen LogP contribution in [0.15, 0.2) is 78.9 Å². The van der Waals surface area contributed by atoms with Crippen LogP contribution in [0.4, 0.5) is 11.4 Å². The van der Waals surface area contributed by atoms with E-state index in [-0.39, 0.29) is 11.9 Å². The lowest BCUT2D eigenvalue weighted by atomic mass is 10.0. The molecule has 0 unspecified atom stereocenters.